The number of nitrogens with zero attached hydrogens (tertiary/aromatic N) is 2. The van der Waals surface area contributed by atoms with Crippen molar-refractivity contribution < 1.29 is 9.59 Å². The summed E-state index contributed by atoms with van der Waals surface area (Å²) in [6.07, 6.45) is 5.93. The molecule has 0 unspecified atom stereocenters. The number of H-pyrrole nitrogens is 2. The summed E-state index contributed by atoms with van der Waals surface area (Å²) in [4.78, 5) is 34.4. The van der Waals surface area contributed by atoms with E-state index < -0.39 is 0 Å². The Morgan fingerprint density at radius 1 is 1.07 bits per heavy atom. The third-order valence-electron chi connectivity index (χ3n) is 5.66. The average Bonchev–Trinajstić information content (AvgIpc) is 3.45. The lowest BCUT2D eigenvalue weighted by molar-refractivity contribution is -0.127. The summed E-state index contributed by atoms with van der Waals surface area (Å²) >= 11 is 0. The summed E-state index contributed by atoms with van der Waals surface area (Å²) in [5, 5.41) is 4.15. The van der Waals surface area contributed by atoms with E-state index in [1.54, 1.807) is 12.3 Å². The molecule has 3 N–H and O–H groups in total. The molecule has 0 saturated carbocycles. The molecule has 1 saturated heterocycles. The number of benzene rings is 1. The van der Waals surface area contributed by atoms with Crippen molar-refractivity contribution in [1.29, 1.82) is 0 Å². The van der Waals surface area contributed by atoms with Crippen LogP contribution >= 0.6 is 0 Å². The van der Waals surface area contributed by atoms with Crippen LogP contribution in [0.4, 0.5) is 0 Å². The second kappa shape index (κ2) is 9.00. The van der Waals surface area contributed by atoms with E-state index in [4.69, 9.17) is 0 Å². The number of hydrogen-bond donors (Lipinski definition) is 3. The van der Waals surface area contributed by atoms with Gasteiger partial charge in [-0.3, -0.25) is 14.5 Å². The highest BCUT2D eigenvalue weighted by atomic mass is 16.2. The van der Waals surface area contributed by atoms with Crippen LogP contribution in [-0.2, 0) is 17.8 Å². The van der Waals surface area contributed by atoms with Gasteiger partial charge in [-0.25, -0.2) is 0 Å². The molecule has 2 amide bonds. The predicted octanol–water partition coefficient (Wildman–Crippen LogP) is 2.30. The Balaban J connectivity index is 1.37. The third kappa shape index (κ3) is 4.31. The van der Waals surface area contributed by atoms with E-state index >= 15 is 0 Å². The third-order valence-corrected chi connectivity index (χ3v) is 5.66. The number of fused-ring (bicyclic) bond motifs is 1. The Bertz CT molecular complexity index is 1030. The fraction of sp³-hybridized carbons (Fsp3) is 0.304. The number of amides is 2. The fourth-order valence-corrected chi connectivity index (χ4v) is 3.99. The Hall–Kier alpha value is -3.32. The predicted molar refractivity (Wildman–Crippen MR) is 117 cm³/mol. The van der Waals surface area contributed by atoms with Crippen LogP contribution in [0.3, 0.4) is 0 Å². The number of rotatable bonds is 7. The SMILES string of the molecule is C=CC(=O)N1CCN(Cc2cccc3c(CCNC(=O)c4ccc[nH]4)c[nH]c23)CC1. The van der Waals surface area contributed by atoms with Gasteiger partial charge in [-0.1, -0.05) is 24.8 Å². The Kier molecular flexibility index (Phi) is 5.99. The van der Waals surface area contributed by atoms with Crippen molar-refractivity contribution in [1.82, 2.24) is 25.1 Å². The highest BCUT2D eigenvalue weighted by Crippen LogP contribution is 2.23. The minimum absolute atomic E-state index is 0.00844. The second-order valence-electron chi connectivity index (χ2n) is 7.55. The number of nitrogens with one attached hydrogen (secondary N) is 3. The molecule has 4 rings (SSSR count). The molecule has 1 aliphatic heterocycles. The highest BCUT2D eigenvalue weighted by Gasteiger charge is 2.20. The van der Waals surface area contributed by atoms with E-state index in [0.717, 1.165) is 44.7 Å². The van der Waals surface area contributed by atoms with Crippen molar-refractivity contribution in [3.8, 4) is 0 Å². The zero-order valence-corrected chi connectivity index (χ0v) is 17.0. The summed E-state index contributed by atoms with van der Waals surface area (Å²) in [6.45, 7) is 8.17. The molecule has 7 heteroatoms. The van der Waals surface area contributed by atoms with Gasteiger partial charge in [0.25, 0.3) is 5.91 Å². The first-order valence-corrected chi connectivity index (χ1v) is 10.3. The minimum Gasteiger partial charge on any atom is -0.361 e. The second-order valence-corrected chi connectivity index (χ2v) is 7.55. The first-order valence-electron chi connectivity index (χ1n) is 10.3. The molecule has 2 aromatic heterocycles. The zero-order chi connectivity index (χ0) is 20.9. The van der Waals surface area contributed by atoms with Crippen LogP contribution in [0.2, 0.25) is 0 Å². The van der Waals surface area contributed by atoms with Crippen molar-refractivity contribution in [3.63, 3.8) is 0 Å². The summed E-state index contributed by atoms with van der Waals surface area (Å²) < 4.78 is 0. The molecule has 0 atom stereocenters. The Morgan fingerprint density at radius 2 is 1.90 bits per heavy atom. The molecule has 3 aromatic rings. The molecule has 0 radical (unpaired) electrons. The largest absolute Gasteiger partial charge is 0.361 e. The van der Waals surface area contributed by atoms with Crippen LogP contribution in [0.1, 0.15) is 21.6 Å². The van der Waals surface area contributed by atoms with Crippen molar-refractivity contribution in [2.24, 2.45) is 0 Å². The quantitative estimate of drug-likeness (QED) is 0.528. The van der Waals surface area contributed by atoms with Gasteiger partial charge in [0.2, 0.25) is 5.91 Å². The van der Waals surface area contributed by atoms with Gasteiger partial charge in [-0.2, -0.15) is 0 Å². The van der Waals surface area contributed by atoms with Gasteiger partial charge in [0, 0.05) is 57.0 Å². The fourth-order valence-electron chi connectivity index (χ4n) is 3.99. The van der Waals surface area contributed by atoms with E-state index in [9.17, 15) is 9.59 Å². The molecule has 30 heavy (non-hydrogen) atoms. The monoisotopic (exact) mass is 405 g/mol. The molecule has 7 nitrogen and oxygen atoms in total. The van der Waals surface area contributed by atoms with Crippen LogP contribution in [0.5, 0.6) is 0 Å². The average molecular weight is 406 g/mol. The number of piperazine rings is 1. The maximum Gasteiger partial charge on any atom is 0.267 e. The maximum atomic E-state index is 12.1. The van der Waals surface area contributed by atoms with Crippen molar-refractivity contribution >= 4 is 22.7 Å². The maximum absolute atomic E-state index is 12.1. The first kappa shape index (κ1) is 20.0. The number of carbonyl (C=O) groups is 2. The molecular weight excluding hydrogens is 378 g/mol. The molecule has 0 bridgehead atoms. The van der Waals surface area contributed by atoms with Gasteiger partial charge in [-0.15, -0.1) is 0 Å². The molecule has 0 spiro atoms. The highest BCUT2D eigenvalue weighted by molar-refractivity contribution is 5.92. The molecule has 1 fully saturated rings. The van der Waals surface area contributed by atoms with E-state index in [1.165, 1.54) is 22.6 Å². The van der Waals surface area contributed by atoms with Gasteiger partial charge in [0.05, 0.1) is 5.52 Å². The number of para-hydroxylation sites is 1. The molecular formula is C23H27N5O2. The van der Waals surface area contributed by atoms with E-state index in [1.807, 2.05) is 17.2 Å². The van der Waals surface area contributed by atoms with Crippen LogP contribution in [0.25, 0.3) is 10.9 Å². The van der Waals surface area contributed by atoms with Crippen LogP contribution < -0.4 is 5.32 Å². The summed E-state index contributed by atoms with van der Waals surface area (Å²) in [6, 6.07) is 9.94. The standard InChI is InChI=1S/C23H27N5O2/c1-2-21(29)28-13-11-27(12-14-28)16-18-5-3-6-19-17(15-26-22(18)19)8-10-25-23(30)20-7-4-9-24-20/h2-7,9,15,24,26H,1,8,10-14,16H2,(H,25,30). The smallest absolute Gasteiger partial charge is 0.267 e. The molecule has 0 aliphatic carbocycles. The van der Waals surface area contributed by atoms with Crippen molar-refractivity contribution in [3.05, 3.63) is 72.2 Å². The van der Waals surface area contributed by atoms with Gasteiger partial charge in [0.15, 0.2) is 0 Å². The first-order chi connectivity index (χ1) is 14.7. The normalized spacial score (nSPS) is 14.7. The lowest BCUT2D eigenvalue weighted by Gasteiger charge is -2.34. The zero-order valence-electron chi connectivity index (χ0n) is 17.0. The van der Waals surface area contributed by atoms with Crippen molar-refractivity contribution in [2.75, 3.05) is 32.7 Å². The molecule has 156 valence electrons. The van der Waals surface area contributed by atoms with Gasteiger partial charge >= 0.3 is 0 Å². The summed E-state index contributed by atoms with van der Waals surface area (Å²) in [7, 11) is 0. The van der Waals surface area contributed by atoms with E-state index in [-0.39, 0.29) is 11.8 Å². The minimum atomic E-state index is -0.0883. The van der Waals surface area contributed by atoms with Gasteiger partial charge < -0.3 is 20.2 Å². The van der Waals surface area contributed by atoms with Crippen LogP contribution in [0, 0.1) is 0 Å². The number of aromatic amines is 2. The molecule has 3 heterocycles. The number of hydrogen-bond acceptors (Lipinski definition) is 3. The Morgan fingerprint density at radius 3 is 2.63 bits per heavy atom. The van der Waals surface area contributed by atoms with Gasteiger partial charge in [-0.05, 0) is 35.8 Å². The topological polar surface area (TPSA) is 84.2 Å². The molecule has 1 aliphatic rings. The van der Waals surface area contributed by atoms with Gasteiger partial charge in [0.1, 0.15) is 5.69 Å². The molecule has 1 aromatic carbocycles. The number of carbonyl (C=O) groups excluding carboxylic acids is 2. The lowest BCUT2D eigenvalue weighted by atomic mass is 10.1. The van der Waals surface area contributed by atoms with Crippen molar-refractivity contribution in [2.45, 2.75) is 13.0 Å². The number of aromatic nitrogens is 2. The van der Waals surface area contributed by atoms with Crippen LogP contribution in [-0.4, -0.2) is 64.3 Å². The van der Waals surface area contributed by atoms with E-state index in [2.05, 4.69) is 45.0 Å². The lowest BCUT2D eigenvalue weighted by Crippen LogP contribution is -2.47. The van der Waals surface area contributed by atoms with Crippen LogP contribution in [0.15, 0.2) is 55.4 Å². The summed E-state index contributed by atoms with van der Waals surface area (Å²) in [5.74, 6) is -0.0799. The summed E-state index contributed by atoms with van der Waals surface area (Å²) in [5.41, 5.74) is 4.16. The van der Waals surface area contributed by atoms with E-state index in [0.29, 0.717) is 12.2 Å². The Labute approximate surface area is 175 Å².